The zero-order valence-electron chi connectivity index (χ0n) is 11.8. The van der Waals surface area contributed by atoms with Gasteiger partial charge in [-0.2, -0.15) is 0 Å². The van der Waals surface area contributed by atoms with Gasteiger partial charge in [-0.1, -0.05) is 24.3 Å². The Kier molecular flexibility index (Phi) is 2.74. The first kappa shape index (κ1) is 12.2. The second-order valence-corrected chi connectivity index (χ2v) is 6.20. The molecule has 106 valence electrons. The number of nitrogens with zero attached hydrogens (tertiary/aromatic N) is 2. The smallest absolute Gasteiger partial charge is 0.191 e. The zero-order valence-corrected chi connectivity index (χ0v) is 11.8. The van der Waals surface area contributed by atoms with Crippen molar-refractivity contribution in [2.45, 2.75) is 31.4 Å². The van der Waals surface area contributed by atoms with Crippen molar-refractivity contribution >= 4 is 5.96 Å². The molecule has 0 amide bonds. The molecule has 0 radical (unpaired) electrons. The summed E-state index contributed by atoms with van der Waals surface area (Å²) in [6.07, 6.45) is 1.42. The maximum Gasteiger partial charge on any atom is 0.191 e. The first-order valence-electron chi connectivity index (χ1n) is 7.51. The molecule has 0 aromatic heterocycles. The summed E-state index contributed by atoms with van der Waals surface area (Å²) in [7, 11) is 0. The molecule has 4 unspecified atom stereocenters. The van der Waals surface area contributed by atoms with Gasteiger partial charge in [0.15, 0.2) is 5.96 Å². The van der Waals surface area contributed by atoms with Crippen LogP contribution in [0.15, 0.2) is 29.3 Å². The lowest BCUT2D eigenvalue weighted by Crippen LogP contribution is -2.48. The van der Waals surface area contributed by atoms with Gasteiger partial charge in [-0.05, 0) is 30.4 Å². The topological polar surface area (TPSA) is 50.8 Å². The highest BCUT2D eigenvalue weighted by atomic mass is 16.5. The SMILES string of the molecule is CC1CN(C(N)=NC2C3Cc4ccccc4C32)CCO1. The van der Waals surface area contributed by atoms with Crippen molar-refractivity contribution in [1.82, 2.24) is 4.90 Å². The van der Waals surface area contributed by atoms with Crippen molar-refractivity contribution in [2.75, 3.05) is 19.7 Å². The van der Waals surface area contributed by atoms with E-state index in [1.165, 1.54) is 17.5 Å². The summed E-state index contributed by atoms with van der Waals surface area (Å²) < 4.78 is 5.55. The molecular formula is C16H21N3O. The highest BCUT2D eigenvalue weighted by molar-refractivity contribution is 5.79. The first-order chi connectivity index (χ1) is 9.74. The van der Waals surface area contributed by atoms with Crippen molar-refractivity contribution in [1.29, 1.82) is 0 Å². The predicted molar refractivity (Wildman–Crippen MR) is 78.8 cm³/mol. The van der Waals surface area contributed by atoms with Gasteiger partial charge < -0.3 is 15.4 Å². The summed E-state index contributed by atoms with van der Waals surface area (Å²) in [5, 5.41) is 0. The van der Waals surface area contributed by atoms with E-state index in [-0.39, 0.29) is 6.10 Å². The molecule has 4 atom stereocenters. The third-order valence-corrected chi connectivity index (χ3v) is 4.84. The Bertz CT molecular complexity index is 556. The fraction of sp³-hybridized carbons (Fsp3) is 0.562. The molecule has 1 aromatic rings. The van der Waals surface area contributed by atoms with E-state index in [2.05, 4.69) is 36.1 Å². The standard InChI is InChI=1S/C16H21N3O/c1-10-9-19(6-7-20-10)16(17)18-15-13-8-11-4-2-3-5-12(11)14(13)15/h2-5,10,13-15H,6-9H2,1H3,(H2,17,18). The van der Waals surface area contributed by atoms with Crippen LogP contribution in [0.3, 0.4) is 0 Å². The molecule has 1 saturated heterocycles. The van der Waals surface area contributed by atoms with E-state index in [1.807, 2.05) is 0 Å². The monoisotopic (exact) mass is 271 g/mol. The van der Waals surface area contributed by atoms with Gasteiger partial charge in [0.25, 0.3) is 0 Å². The second-order valence-electron chi connectivity index (χ2n) is 6.20. The molecule has 4 heteroatoms. The molecule has 0 bridgehead atoms. The minimum Gasteiger partial charge on any atom is -0.375 e. The number of morpholine rings is 1. The third kappa shape index (κ3) is 1.90. The van der Waals surface area contributed by atoms with E-state index in [9.17, 15) is 0 Å². The Morgan fingerprint density at radius 3 is 3.10 bits per heavy atom. The van der Waals surface area contributed by atoms with Gasteiger partial charge in [-0.15, -0.1) is 0 Å². The summed E-state index contributed by atoms with van der Waals surface area (Å²) in [4.78, 5) is 6.96. The van der Waals surface area contributed by atoms with Crippen molar-refractivity contribution in [3.8, 4) is 0 Å². The van der Waals surface area contributed by atoms with Gasteiger partial charge in [0, 0.05) is 19.0 Å². The third-order valence-electron chi connectivity index (χ3n) is 4.84. The fourth-order valence-corrected chi connectivity index (χ4v) is 3.75. The van der Waals surface area contributed by atoms with Crippen molar-refractivity contribution in [3.63, 3.8) is 0 Å². The van der Waals surface area contributed by atoms with E-state index in [0.717, 1.165) is 19.7 Å². The summed E-state index contributed by atoms with van der Waals surface area (Å²) >= 11 is 0. The molecular weight excluding hydrogens is 250 g/mol. The van der Waals surface area contributed by atoms with Crippen LogP contribution in [0.4, 0.5) is 0 Å². The number of rotatable bonds is 1. The van der Waals surface area contributed by atoms with Crippen LogP contribution < -0.4 is 5.73 Å². The minimum absolute atomic E-state index is 0.247. The van der Waals surface area contributed by atoms with Gasteiger partial charge in [-0.25, -0.2) is 4.99 Å². The van der Waals surface area contributed by atoms with E-state index in [0.29, 0.717) is 23.8 Å². The lowest BCUT2D eigenvalue weighted by Gasteiger charge is -2.31. The van der Waals surface area contributed by atoms with Crippen molar-refractivity contribution in [3.05, 3.63) is 35.4 Å². The van der Waals surface area contributed by atoms with Crippen LogP contribution in [0.25, 0.3) is 0 Å². The molecule has 4 rings (SSSR count). The Morgan fingerprint density at radius 2 is 2.25 bits per heavy atom. The van der Waals surface area contributed by atoms with E-state index < -0.39 is 0 Å². The average Bonchev–Trinajstić information content (AvgIpc) is 2.96. The molecule has 0 spiro atoms. The first-order valence-corrected chi connectivity index (χ1v) is 7.51. The second kappa shape index (κ2) is 4.48. The number of nitrogens with two attached hydrogens (primary N) is 1. The molecule has 1 aromatic carbocycles. The van der Waals surface area contributed by atoms with Gasteiger partial charge in [0.05, 0.1) is 18.8 Å². The minimum atomic E-state index is 0.247. The molecule has 2 aliphatic carbocycles. The molecule has 1 saturated carbocycles. The van der Waals surface area contributed by atoms with Crippen LogP contribution in [0.5, 0.6) is 0 Å². The molecule has 20 heavy (non-hydrogen) atoms. The van der Waals surface area contributed by atoms with Crippen molar-refractivity contribution in [2.24, 2.45) is 16.6 Å². The fourth-order valence-electron chi connectivity index (χ4n) is 3.75. The normalized spacial score (nSPS) is 35.6. The summed E-state index contributed by atoms with van der Waals surface area (Å²) in [5.41, 5.74) is 9.20. The molecule has 1 aliphatic heterocycles. The number of hydrogen-bond acceptors (Lipinski definition) is 2. The van der Waals surface area contributed by atoms with Crippen LogP contribution in [-0.2, 0) is 11.2 Å². The number of guanidine groups is 1. The van der Waals surface area contributed by atoms with Gasteiger partial charge in [0.2, 0.25) is 0 Å². The van der Waals surface area contributed by atoms with E-state index in [4.69, 9.17) is 15.5 Å². The number of benzene rings is 1. The number of fused-ring (bicyclic) bond motifs is 3. The highest BCUT2D eigenvalue weighted by Gasteiger charge is 2.56. The Hall–Kier alpha value is -1.55. The highest BCUT2D eigenvalue weighted by Crippen LogP contribution is 2.58. The summed E-state index contributed by atoms with van der Waals surface area (Å²) in [6.45, 7) is 4.55. The van der Waals surface area contributed by atoms with Crippen LogP contribution in [0.2, 0.25) is 0 Å². The summed E-state index contributed by atoms with van der Waals surface area (Å²) in [5.74, 6) is 2.00. The van der Waals surface area contributed by atoms with Gasteiger partial charge in [0.1, 0.15) is 0 Å². The maximum atomic E-state index is 6.20. The molecule has 2 fully saturated rings. The van der Waals surface area contributed by atoms with Gasteiger partial charge >= 0.3 is 0 Å². The Balaban J connectivity index is 1.48. The number of ether oxygens (including phenoxy) is 1. The quantitative estimate of drug-likeness (QED) is 0.620. The number of aliphatic imine (C=N–C) groups is 1. The molecule has 4 nitrogen and oxygen atoms in total. The lowest BCUT2D eigenvalue weighted by atomic mass is 10.1. The van der Waals surface area contributed by atoms with E-state index in [1.54, 1.807) is 0 Å². The predicted octanol–water partition coefficient (Wildman–Crippen LogP) is 1.36. The lowest BCUT2D eigenvalue weighted by molar-refractivity contribution is 0.00527. The Morgan fingerprint density at radius 1 is 1.40 bits per heavy atom. The molecule has 2 N–H and O–H groups in total. The molecule has 3 aliphatic rings. The average molecular weight is 271 g/mol. The van der Waals surface area contributed by atoms with Crippen molar-refractivity contribution < 1.29 is 4.74 Å². The van der Waals surface area contributed by atoms with Gasteiger partial charge in [-0.3, -0.25) is 0 Å². The molecule has 1 heterocycles. The Labute approximate surface area is 119 Å². The summed E-state index contributed by atoms with van der Waals surface area (Å²) in [6, 6.07) is 9.17. The largest absolute Gasteiger partial charge is 0.375 e. The zero-order chi connectivity index (χ0) is 13.7. The maximum absolute atomic E-state index is 6.20. The van der Waals surface area contributed by atoms with E-state index >= 15 is 0 Å². The van der Waals surface area contributed by atoms with Crippen LogP contribution in [0.1, 0.15) is 24.0 Å². The number of hydrogen-bond donors (Lipinski definition) is 1. The van der Waals surface area contributed by atoms with Crippen LogP contribution in [0, 0.1) is 5.92 Å². The van der Waals surface area contributed by atoms with Crippen LogP contribution in [-0.4, -0.2) is 42.7 Å². The van der Waals surface area contributed by atoms with Crippen LogP contribution >= 0.6 is 0 Å².